The van der Waals surface area contributed by atoms with Gasteiger partial charge in [0.05, 0.1) is 6.54 Å². The molecule has 0 spiro atoms. The summed E-state index contributed by atoms with van der Waals surface area (Å²) in [6, 6.07) is 8.92. The van der Waals surface area contributed by atoms with Crippen molar-refractivity contribution in [3.05, 3.63) is 30.3 Å². The molecular weight excluding hydrogens is 190 g/mol. The quantitative estimate of drug-likeness (QED) is 0.704. The Morgan fingerprint density at radius 1 is 1.47 bits per heavy atom. The van der Waals surface area contributed by atoms with E-state index in [9.17, 15) is 4.79 Å². The first-order valence-electron chi connectivity index (χ1n) is 4.73. The maximum absolute atomic E-state index is 11.5. The maximum Gasteiger partial charge on any atom is 0.416 e. The fraction of sp³-hybridized carbons (Fsp3) is 0.250. The van der Waals surface area contributed by atoms with Crippen molar-refractivity contribution in [1.82, 2.24) is 4.90 Å². The molecule has 0 aliphatic rings. The lowest BCUT2D eigenvalue weighted by Crippen LogP contribution is -2.33. The van der Waals surface area contributed by atoms with Gasteiger partial charge in [-0.3, -0.25) is 4.90 Å². The third-order valence-electron chi connectivity index (χ3n) is 1.87. The summed E-state index contributed by atoms with van der Waals surface area (Å²) in [4.78, 5) is 13.0. The molecule has 0 N–H and O–H groups in total. The maximum atomic E-state index is 11.5. The standard InChI is InChI=1S/C12H13NO2/c1-3-10-13(4-2)12(14)15-11-8-6-5-7-9-11/h1,5-9H,4,10H2,2H3. The summed E-state index contributed by atoms with van der Waals surface area (Å²) in [6.45, 7) is 2.65. The van der Waals surface area contributed by atoms with Crippen LogP contribution < -0.4 is 4.74 Å². The van der Waals surface area contributed by atoms with Gasteiger partial charge in [-0.2, -0.15) is 0 Å². The van der Waals surface area contributed by atoms with Crippen LogP contribution in [0.1, 0.15) is 6.92 Å². The molecule has 0 heterocycles. The summed E-state index contributed by atoms with van der Waals surface area (Å²) in [7, 11) is 0. The molecule has 0 saturated carbocycles. The molecule has 1 amide bonds. The van der Waals surface area contributed by atoms with Crippen LogP contribution in [0.2, 0.25) is 0 Å². The Balaban J connectivity index is 2.59. The van der Waals surface area contributed by atoms with Crippen LogP contribution >= 0.6 is 0 Å². The third kappa shape index (κ3) is 3.35. The van der Waals surface area contributed by atoms with Crippen molar-refractivity contribution in [2.45, 2.75) is 6.92 Å². The van der Waals surface area contributed by atoms with Crippen LogP contribution in [0.25, 0.3) is 0 Å². The Morgan fingerprint density at radius 3 is 2.67 bits per heavy atom. The van der Waals surface area contributed by atoms with Crippen molar-refractivity contribution in [3.8, 4) is 18.1 Å². The van der Waals surface area contributed by atoms with Crippen molar-refractivity contribution >= 4 is 6.09 Å². The highest BCUT2D eigenvalue weighted by Crippen LogP contribution is 2.09. The zero-order valence-electron chi connectivity index (χ0n) is 8.64. The number of amides is 1. The monoisotopic (exact) mass is 203 g/mol. The lowest BCUT2D eigenvalue weighted by Gasteiger charge is -2.17. The Hall–Kier alpha value is -1.95. The number of para-hydroxylation sites is 1. The van der Waals surface area contributed by atoms with Gasteiger partial charge in [0.1, 0.15) is 5.75 Å². The van der Waals surface area contributed by atoms with Crippen LogP contribution in [0, 0.1) is 12.3 Å². The van der Waals surface area contributed by atoms with E-state index in [-0.39, 0.29) is 6.54 Å². The van der Waals surface area contributed by atoms with E-state index < -0.39 is 6.09 Å². The van der Waals surface area contributed by atoms with E-state index in [1.165, 1.54) is 4.90 Å². The van der Waals surface area contributed by atoms with Crippen LogP contribution in [0.5, 0.6) is 5.75 Å². The van der Waals surface area contributed by atoms with E-state index in [2.05, 4.69) is 5.92 Å². The van der Waals surface area contributed by atoms with Crippen molar-refractivity contribution in [3.63, 3.8) is 0 Å². The molecule has 0 saturated heterocycles. The number of ether oxygens (including phenoxy) is 1. The van der Waals surface area contributed by atoms with Gasteiger partial charge in [0.15, 0.2) is 0 Å². The number of rotatable bonds is 3. The summed E-state index contributed by atoms with van der Waals surface area (Å²) in [5.74, 6) is 2.94. The lowest BCUT2D eigenvalue weighted by atomic mass is 10.3. The first-order chi connectivity index (χ1) is 7.27. The number of benzene rings is 1. The fourth-order valence-corrected chi connectivity index (χ4v) is 1.07. The number of hydrogen-bond acceptors (Lipinski definition) is 2. The highest BCUT2D eigenvalue weighted by Gasteiger charge is 2.11. The smallest absolute Gasteiger partial charge is 0.410 e. The van der Waals surface area contributed by atoms with Crippen molar-refractivity contribution in [1.29, 1.82) is 0 Å². The Morgan fingerprint density at radius 2 is 2.13 bits per heavy atom. The number of carbonyl (C=O) groups is 1. The lowest BCUT2D eigenvalue weighted by molar-refractivity contribution is 0.160. The van der Waals surface area contributed by atoms with Gasteiger partial charge in [0.25, 0.3) is 0 Å². The normalized spacial score (nSPS) is 9.07. The minimum absolute atomic E-state index is 0.266. The summed E-state index contributed by atoms with van der Waals surface area (Å²) in [5, 5.41) is 0. The van der Waals surface area contributed by atoms with E-state index in [0.717, 1.165) is 0 Å². The van der Waals surface area contributed by atoms with Gasteiger partial charge in [0, 0.05) is 6.54 Å². The molecule has 1 aromatic carbocycles. The minimum Gasteiger partial charge on any atom is -0.410 e. The van der Waals surface area contributed by atoms with Crippen molar-refractivity contribution < 1.29 is 9.53 Å². The molecule has 1 aromatic rings. The Bertz CT molecular complexity index is 354. The van der Waals surface area contributed by atoms with Crippen LogP contribution in [-0.2, 0) is 0 Å². The van der Waals surface area contributed by atoms with Crippen LogP contribution in [0.15, 0.2) is 30.3 Å². The molecule has 0 unspecified atom stereocenters. The SMILES string of the molecule is C#CCN(CC)C(=O)Oc1ccccc1. The van der Waals surface area contributed by atoms with E-state index in [0.29, 0.717) is 12.3 Å². The zero-order valence-corrected chi connectivity index (χ0v) is 8.64. The van der Waals surface area contributed by atoms with Gasteiger partial charge in [0.2, 0.25) is 0 Å². The summed E-state index contributed by atoms with van der Waals surface area (Å²) >= 11 is 0. The molecule has 0 aliphatic carbocycles. The summed E-state index contributed by atoms with van der Waals surface area (Å²) < 4.78 is 5.11. The molecule has 3 heteroatoms. The molecule has 0 aliphatic heterocycles. The van der Waals surface area contributed by atoms with Gasteiger partial charge < -0.3 is 4.74 Å². The molecule has 0 aromatic heterocycles. The van der Waals surface area contributed by atoms with E-state index in [4.69, 9.17) is 11.2 Å². The van der Waals surface area contributed by atoms with Crippen LogP contribution in [0.3, 0.4) is 0 Å². The highest BCUT2D eigenvalue weighted by molar-refractivity contribution is 5.70. The first-order valence-corrected chi connectivity index (χ1v) is 4.73. The number of hydrogen-bond donors (Lipinski definition) is 0. The molecule has 1 rings (SSSR count). The predicted octanol–water partition coefficient (Wildman–Crippen LogP) is 2.14. The second-order valence-electron chi connectivity index (χ2n) is 2.90. The largest absolute Gasteiger partial charge is 0.416 e. The second kappa shape index (κ2) is 5.71. The Labute approximate surface area is 89.7 Å². The average Bonchev–Trinajstić information content (AvgIpc) is 2.27. The van der Waals surface area contributed by atoms with Gasteiger partial charge in [-0.1, -0.05) is 24.1 Å². The number of nitrogens with zero attached hydrogens (tertiary/aromatic N) is 1. The van der Waals surface area contributed by atoms with E-state index in [1.54, 1.807) is 24.3 Å². The molecular formula is C12H13NO2. The van der Waals surface area contributed by atoms with Crippen LogP contribution in [0.4, 0.5) is 4.79 Å². The van der Waals surface area contributed by atoms with Gasteiger partial charge in [-0.25, -0.2) is 4.79 Å². The van der Waals surface area contributed by atoms with Gasteiger partial charge in [-0.15, -0.1) is 6.42 Å². The van der Waals surface area contributed by atoms with E-state index >= 15 is 0 Å². The highest BCUT2D eigenvalue weighted by atomic mass is 16.6. The molecule has 3 nitrogen and oxygen atoms in total. The van der Waals surface area contributed by atoms with Gasteiger partial charge in [-0.05, 0) is 19.1 Å². The predicted molar refractivity (Wildman–Crippen MR) is 58.5 cm³/mol. The molecule has 0 bridgehead atoms. The first kappa shape index (κ1) is 11.1. The van der Waals surface area contributed by atoms with E-state index in [1.807, 2.05) is 13.0 Å². The molecule has 0 radical (unpaired) electrons. The Kier molecular flexibility index (Phi) is 4.24. The molecule has 15 heavy (non-hydrogen) atoms. The minimum atomic E-state index is -0.415. The van der Waals surface area contributed by atoms with Gasteiger partial charge >= 0.3 is 6.09 Å². The zero-order chi connectivity index (χ0) is 11.1. The van der Waals surface area contributed by atoms with Crippen molar-refractivity contribution in [2.24, 2.45) is 0 Å². The number of carbonyl (C=O) groups excluding carboxylic acids is 1. The second-order valence-corrected chi connectivity index (χ2v) is 2.90. The number of terminal acetylenes is 1. The van der Waals surface area contributed by atoms with Crippen molar-refractivity contribution in [2.75, 3.05) is 13.1 Å². The topological polar surface area (TPSA) is 29.5 Å². The third-order valence-corrected chi connectivity index (χ3v) is 1.87. The summed E-state index contributed by atoms with van der Waals surface area (Å²) in [5.41, 5.74) is 0. The van der Waals surface area contributed by atoms with Crippen LogP contribution in [-0.4, -0.2) is 24.1 Å². The molecule has 78 valence electrons. The molecule has 0 atom stereocenters. The summed E-state index contributed by atoms with van der Waals surface area (Å²) in [6.07, 6.45) is 4.72. The molecule has 0 fully saturated rings. The fourth-order valence-electron chi connectivity index (χ4n) is 1.07. The average molecular weight is 203 g/mol.